The Hall–Kier alpha value is -3.94. The van der Waals surface area contributed by atoms with Crippen LogP contribution in [0.25, 0.3) is 22.6 Å². The summed E-state index contributed by atoms with van der Waals surface area (Å²) >= 11 is 0. The number of esters is 1. The lowest BCUT2D eigenvalue weighted by molar-refractivity contribution is -0.123. The number of allylic oxidation sites excluding steroid dienone is 1. The highest BCUT2D eigenvalue weighted by Gasteiger charge is 2.26. The number of benzene rings is 1. The number of alkyl carbamates (subject to hydrolysis) is 1. The number of nitrogens with zero attached hydrogens (tertiary/aromatic N) is 1. The minimum absolute atomic E-state index is 0.127. The van der Waals surface area contributed by atoms with Gasteiger partial charge < -0.3 is 13.9 Å². The van der Waals surface area contributed by atoms with Crippen molar-refractivity contribution in [3.05, 3.63) is 65.2 Å². The number of carbonyl (C=O) groups excluding carboxylic acids is 3. The number of nitrogens with one attached hydrogen (secondary N) is 1. The molecule has 0 spiro atoms. The number of carbonyl (C=O) groups is 3. The molecule has 0 saturated carbocycles. The van der Waals surface area contributed by atoms with Crippen LogP contribution in [-0.4, -0.2) is 36.2 Å². The van der Waals surface area contributed by atoms with E-state index in [0.29, 0.717) is 28.6 Å². The molecule has 8 heteroatoms. The van der Waals surface area contributed by atoms with E-state index in [0.717, 1.165) is 29.7 Å². The molecule has 2 heterocycles. The fourth-order valence-corrected chi connectivity index (χ4v) is 3.77. The van der Waals surface area contributed by atoms with E-state index in [9.17, 15) is 14.4 Å². The van der Waals surface area contributed by atoms with Gasteiger partial charge in [0.05, 0.1) is 29.6 Å². The first kappa shape index (κ1) is 21.3. The molecule has 0 radical (unpaired) electrons. The number of hydrogen-bond donors (Lipinski definition) is 1. The molecule has 0 aliphatic heterocycles. The van der Waals surface area contributed by atoms with E-state index < -0.39 is 24.6 Å². The van der Waals surface area contributed by atoms with E-state index in [4.69, 9.17) is 14.1 Å². The number of amides is 2. The summed E-state index contributed by atoms with van der Waals surface area (Å²) in [6.45, 7) is 1.15. The van der Waals surface area contributed by atoms with Gasteiger partial charge in [0, 0.05) is 5.39 Å². The number of para-hydroxylation sites is 1. The minimum Gasteiger partial charge on any atom is -0.465 e. The van der Waals surface area contributed by atoms with Crippen molar-refractivity contribution >= 4 is 40.5 Å². The van der Waals surface area contributed by atoms with Crippen LogP contribution in [0.5, 0.6) is 0 Å². The third kappa shape index (κ3) is 4.54. The highest BCUT2D eigenvalue weighted by Crippen LogP contribution is 2.36. The number of rotatable bonds is 5. The summed E-state index contributed by atoms with van der Waals surface area (Å²) in [4.78, 5) is 41.2. The summed E-state index contributed by atoms with van der Waals surface area (Å²) in [7, 11) is 0. The molecule has 4 rings (SSSR count). The van der Waals surface area contributed by atoms with Gasteiger partial charge >= 0.3 is 12.1 Å². The van der Waals surface area contributed by atoms with E-state index in [1.807, 2.05) is 47.8 Å². The van der Waals surface area contributed by atoms with Crippen LogP contribution in [0.3, 0.4) is 0 Å². The van der Waals surface area contributed by atoms with Crippen molar-refractivity contribution in [2.24, 2.45) is 0 Å². The second kappa shape index (κ2) is 9.47. The highest BCUT2D eigenvalue weighted by molar-refractivity contribution is 6.07. The van der Waals surface area contributed by atoms with Crippen LogP contribution < -0.4 is 5.32 Å². The number of furan rings is 1. The third-order valence-electron chi connectivity index (χ3n) is 5.09. The molecule has 32 heavy (non-hydrogen) atoms. The molecule has 2 amide bonds. The second-order valence-corrected chi connectivity index (χ2v) is 7.21. The number of imide groups is 1. The van der Waals surface area contributed by atoms with Gasteiger partial charge in [0.15, 0.2) is 6.61 Å². The summed E-state index contributed by atoms with van der Waals surface area (Å²) in [6, 6.07) is 11.0. The first-order valence-electron chi connectivity index (χ1n) is 10.4. The zero-order valence-corrected chi connectivity index (χ0v) is 17.6. The first-order valence-corrected chi connectivity index (χ1v) is 10.4. The predicted molar refractivity (Wildman–Crippen MR) is 117 cm³/mol. The zero-order chi connectivity index (χ0) is 22.5. The average molecular weight is 434 g/mol. The lowest BCUT2D eigenvalue weighted by atomic mass is 9.86. The first-order chi connectivity index (χ1) is 15.6. The quantitative estimate of drug-likeness (QED) is 0.602. The molecule has 1 aromatic carbocycles. The lowest BCUT2D eigenvalue weighted by Crippen LogP contribution is -2.34. The van der Waals surface area contributed by atoms with Crippen LogP contribution in [0.4, 0.5) is 4.79 Å². The molecule has 0 fully saturated rings. The standard InChI is InChI=1S/C24H22N2O6/c1-2-30-24(29)26-20(27)14-32-23(28)21-17-9-3-4-11-19(17)25-22-15(7-5-10-18(21)22)13-16-8-6-12-31-16/h3-4,6,8-9,11-13H,2,5,7,10,14H2,1H3,(H,26,27,29)/b15-13+. The zero-order valence-electron chi connectivity index (χ0n) is 17.6. The Morgan fingerprint density at radius 3 is 2.75 bits per heavy atom. The van der Waals surface area contributed by atoms with Crippen molar-refractivity contribution in [1.29, 1.82) is 0 Å². The van der Waals surface area contributed by atoms with E-state index in [1.54, 1.807) is 13.2 Å². The molecule has 2 aromatic heterocycles. The minimum atomic E-state index is -0.881. The summed E-state index contributed by atoms with van der Waals surface area (Å²) in [5.74, 6) is -0.692. The van der Waals surface area contributed by atoms with Crippen LogP contribution in [0.2, 0.25) is 0 Å². The highest BCUT2D eigenvalue weighted by atomic mass is 16.6. The maximum absolute atomic E-state index is 13.1. The Morgan fingerprint density at radius 1 is 1.12 bits per heavy atom. The number of pyridine rings is 1. The van der Waals surface area contributed by atoms with Gasteiger partial charge in [0.25, 0.3) is 5.91 Å². The Labute approximate surface area is 184 Å². The smallest absolute Gasteiger partial charge is 0.413 e. The summed E-state index contributed by atoms with van der Waals surface area (Å²) < 4.78 is 15.4. The largest absolute Gasteiger partial charge is 0.465 e. The van der Waals surface area contributed by atoms with Crippen molar-refractivity contribution in [2.75, 3.05) is 13.2 Å². The van der Waals surface area contributed by atoms with Gasteiger partial charge in [-0.05, 0) is 61.6 Å². The molecule has 0 atom stereocenters. The van der Waals surface area contributed by atoms with Crippen LogP contribution in [0.1, 0.15) is 47.1 Å². The van der Waals surface area contributed by atoms with Crippen molar-refractivity contribution in [3.63, 3.8) is 0 Å². The molecule has 0 saturated heterocycles. The number of ether oxygens (including phenoxy) is 2. The van der Waals surface area contributed by atoms with Crippen LogP contribution in [0, 0.1) is 0 Å². The molecule has 0 unspecified atom stereocenters. The van der Waals surface area contributed by atoms with Gasteiger partial charge in [0.2, 0.25) is 0 Å². The average Bonchev–Trinajstić information content (AvgIpc) is 3.29. The van der Waals surface area contributed by atoms with Crippen molar-refractivity contribution in [1.82, 2.24) is 10.3 Å². The van der Waals surface area contributed by atoms with Crippen LogP contribution in [0.15, 0.2) is 47.1 Å². The molecule has 0 bridgehead atoms. The predicted octanol–water partition coefficient (Wildman–Crippen LogP) is 4.13. The van der Waals surface area contributed by atoms with Gasteiger partial charge in [-0.2, -0.15) is 0 Å². The topological polar surface area (TPSA) is 108 Å². The van der Waals surface area contributed by atoms with Crippen LogP contribution in [-0.2, 0) is 20.7 Å². The second-order valence-electron chi connectivity index (χ2n) is 7.21. The van der Waals surface area contributed by atoms with Gasteiger partial charge in [0.1, 0.15) is 5.76 Å². The van der Waals surface area contributed by atoms with E-state index in [-0.39, 0.29) is 6.61 Å². The van der Waals surface area contributed by atoms with Crippen molar-refractivity contribution in [3.8, 4) is 0 Å². The maximum atomic E-state index is 13.1. The Balaban J connectivity index is 1.67. The molecule has 1 aliphatic rings. The summed E-state index contributed by atoms with van der Waals surface area (Å²) in [6.07, 6.45) is 4.95. The lowest BCUT2D eigenvalue weighted by Gasteiger charge is -2.22. The van der Waals surface area contributed by atoms with E-state index in [1.165, 1.54) is 0 Å². The molecular weight excluding hydrogens is 412 g/mol. The van der Waals surface area contributed by atoms with E-state index >= 15 is 0 Å². The SMILES string of the molecule is CCOC(=O)NC(=O)COC(=O)c1c2c(nc3ccccc13)/C(=C/c1ccco1)CCC2. The monoisotopic (exact) mass is 434 g/mol. The Morgan fingerprint density at radius 2 is 1.97 bits per heavy atom. The van der Waals surface area contributed by atoms with Gasteiger partial charge in [-0.3, -0.25) is 10.1 Å². The fourth-order valence-electron chi connectivity index (χ4n) is 3.77. The number of aromatic nitrogens is 1. The van der Waals surface area contributed by atoms with Crippen molar-refractivity contribution in [2.45, 2.75) is 26.2 Å². The van der Waals surface area contributed by atoms with Gasteiger partial charge in [-0.25, -0.2) is 14.6 Å². The molecule has 164 valence electrons. The summed E-state index contributed by atoms with van der Waals surface area (Å²) in [5, 5.41) is 2.66. The normalized spacial score (nSPS) is 14.1. The third-order valence-corrected chi connectivity index (χ3v) is 5.09. The molecule has 1 N–H and O–H groups in total. The maximum Gasteiger partial charge on any atom is 0.413 e. The van der Waals surface area contributed by atoms with Gasteiger partial charge in [-0.15, -0.1) is 0 Å². The fraction of sp³-hybridized carbons (Fsp3) is 0.250. The molecule has 1 aliphatic carbocycles. The Bertz CT molecular complexity index is 1200. The molecule has 8 nitrogen and oxygen atoms in total. The number of hydrogen-bond acceptors (Lipinski definition) is 7. The molecule has 3 aromatic rings. The van der Waals surface area contributed by atoms with E-state index in [2.05, 4.69) is 4.74 Å². The Kier molecular flexibility index (Phi) is 6.30. The van der Waals surface area contributed by atoms with Gasteiger partial charge in [-0.1, -0.05) is 18.2 Å². The molecular formula is C24H22N2O6. The summed E-state index contributed by atoms with van der Waals surface area (Å²) in [5.41, 5.74) is 3.53. The number of fused-ring (bicyclic) bond motifs is 2. The van der Waals surface area contributed by atoms with Crippen molar-refractivity contribution < 1.29 is 28.3 Å². The van der Waals surface area contributed by atoms with Crippen LogP contribution >= 0.6 is 0 Å².